The number of carbonyl (C=O) groups is 3. The molecule has 0 spiro atoms. The lowest BCUT2D eigenvalue weighted by molar-refractivity contribution is -0.705. The molecule has 2 aliphatic rings. The highest BCUT2D eigenvalue weighted by Crippen LogP contribution is 2.51. The van der Waals surface area contributed by atoms with Crippen LogP contribution in [0.5, 0.6) is 0 Å². The predicted molar refractivity (Wildman–Crippen MR) is 127 cm³/mol. The summed E-state index contributed by atoms with van der Waals surface area (Å²) in [7, 11) is -4.15. The van der Waals surface area contributed by atoms with Crippen molar-refractivity contribution in [1.82, 2.24) is 14.6 Å². The van der Waals surface area contributed by atoms with Gasteiger partial charge >= 0.3 is 11.5 Å². The number of rotatable bonds is 8. The Morgan fingerprint density at radius 3 is 2.53 bits per heavy atom. The number of thioether (sulfide) groups is 1. The number of carboxylic acid groups (broad SMARTS) is 1. The number of aliphatic hydroxyl groups excluding tert-OH is 1. The number of hydrogen-bond acceptors (Lipinski definition) is 9. The largest absolute Gasteiger partial charge is 0.741 e. The zero-order valence-electron chi connectivity index (χ0n) is 20.0. The summed E-state index contributed by atoms with van der Waals surface area (Å²) in [6.07, 6.45) is 3.67. The van der Waals surface area contributed by atoms with Crippen LogP contribution in [0.1, 0.15) is 18.7 Å². The van der Waals surface area contributed by atoms with Gasteiger partial charge in [-0.2, -0.15) is 17.6 Å². The van der Waals surface area contributed by atoms with Gasteiger partial charge in [0.2, 0.25) is 28.5 Å². The zero-order valence-corrected chi connectivity index (χ0v) is 22.4. The van der Waals surface area contributed by atoms with Gasteiger partial charge in [-0.25, -0.2) is 17.8 Å². The van der Waals surface area contributed by atoms with Crippen molar-refractivity contribution in [2.45, 2.75) is 36.5 Å². The van der Waals surface area contributed by atoms with Crippen LogP contribution in [0.15, 0.2) is 23.2 Å². The van der Waals surface area contributed by atoms with Crippen molar-refractivity contribution in [3.8, 4) is 0 Å². The van der Waals surface area contributed by atoms with Crippen molar-refractivity contribution in [2.75, 3.05) is 12.3 Å². The molecule has 0 saturated carbocycles. The molecule has 0 bridgehead atoms. The first kappa shape index (κ1) is 29.9. The fourth-order valence-electron chi connectivity index (χ4n) is 4.44. The molecule has 1 fully saturated rings. The number of aryl methyl sites for hydroxylation is 1. The van der Waals surface area contributed by atoms with Crippen LogP contribution in [0.4, 0.5) is 13.2 Å². The number of aliphatic carboxylic acids is 1. The van der Waals surface area contributed by atoms with E-state index in [2.05, 4.69) is 5.32 Å². The van der Waals surface area contributed by atoms with Gasteiger partial charge in [0.25, 0.3) is 0 Å². The Kier molecular flexibility index (Phi) is 8.52. The van der Waals surface area contributed by atoms with E-state index in [1.54, 1.807) is 18.7 Å². The van der Waals surface area contributed by atoms with Crippen LogP contribution in [0.3, 0.4) is 0 Å². The van der Waals surface area contributed by atoms with Gasteiger partial charge in [0, 0.05) is 23.8 Å². The fourth-order valence-corrected chi connectivity index (χ4v) is 6.84. The molecule has 2 aliphatic heterocycles. The third-order valence-corrected chi connectivity index (χ3v) is 8.99. The molecule has 2 amide bonds. The third-order valence-electron chi connectivity index (χ3n) is 5.99. The second kappa shape index (κ2) is 10.8. The van der Waals surface area contributed by atoms with Gasteiger partial charge in [0.05, 0.1) is 30.0 Å². The highest BCUT2D eigenvalue weighted by atomic mass is 32.2. The van der Waals surface area contributed by atoms with Crippen LogP contribution in [0, 0.1) is 11.8 Å². The number of alkyl halides is 3. The summed E-state index contributed by atoms with van der Waals surface area (Å²) in [5, 5.41) is 23.5. The summed E-state index contributed by atoms with van der Waals surface area (Å²) >= 11 is 3.09. The number of carboxylic acids is 1. The minimum absolute atomic E-state index is 0.0210. The van der Waals surface area contributed by atoms with E-state index in [-0.39, 0.29) is 23.6 Å². The second-order valence-corrected chi connectivity index (χ2v) is 12.0. The lowest BCUT2D eigenvalue weighted by Crippen LogP contribution is -2.63. The number of hydrogen-bond donors (Lipinski definition) is 3. The smallest absolute Gasteiger partial charge is 0.485 e. The number of nitrogens with one attached hydrogen (secondary N) is 1. The quantitative estimate of drug-likeness (QED) is 0.0736. The molecule has 0 radical (unpaired) electrons. The van der Waals surface area contributed by atoms with Crippen LogP contribution < -0.4 is 9.88 Å². The summed E-state index contributed by atoms with van der Waals surface area (Å²) in [5.41, 5.74) is -4.99. The molecule has 38 heavy (non-hydrogen) atoms. The summed E-state index contributed by atoms with van der Waals surface area (Å²) in [4.78, 5) is 38.2. The number of β-lactam (4-membered cyclic amide) rings is 1. The molecule has 4 rings (SSSR count). The standard InChI is InChI=1S/C19H22N4O5S2.CHF3O3S/c1-9-12(15(19(27)28)23-14(9)13(10(2)25)16(23)26)11-6-22-8-21(3)17(18(22)30-11)29-5-4-20-7-24;2-1(3,4)8(5,6)7/h6-10,13-14,25H,4-5H2,1-3H3,(H-,20,24,27,28);(H,5,6,7)/t9-,10+,13+,14+;/m0./s1. The van der Waals surface area contributed by atoms with Crippen molar-refractivity contribution in [3.05, 3.63) is 23.1 Å². The molecular formula is C20H23F3N4O8S3. The molecule has 210 valence electrons. The van der Waals surface area contributed by atoms with Gasteiger partial charge in [0.1, 0.15) is 11.9 Å². The number of nitrogens with zero attached hydrogens (tertiary/aromatic N) is 3. The van der Waals surface area contributed by atoms with Crippen molar-refractivity contribution >= 4 is 61.9 Å². The lowest BCUT2D eigenvalue weighted by Gasteiger charge is -2.46. The van der Waals surface area contributed by atoms with Crippen molar-refractivity contribution < 1.29 is 55.3 Å². The molecule has 3 N–H and O–H groups in total. The van der Waals surface area contributed by atoms with Crippen LogP contribution in [0.25, 0.3) is 10.4 Å². The Bertz CT molecular complexity index is 1400. The molecule has 0 aliphatic carbocycles. The summed E-state index contributed by atoms with van der Waals surface area (Å²) in [6, 6.07) is -0.334. The van der Waals surface area contributed by atoms with E-state index in [0.29, 0.717) is 24.3 Å². The maximum Gasteiger partial charge on any atom is 0.485 e. The normalized spacial score (nSPS) is 22.1. The van der Waals surface area contributed by atoms with Gasteiger partial charge in [0.15, 0.2) is 10.1 Å². The number of aromatic nitrogens is 2. The van der Waals surface area contributed by atoms with Crippen molar-refractivity contribution in [1.29, 1.82) is 0 Å². The number of carbonyl (C=O) groups excluding carboxylic acids is 2. The Labute approximate surface area is 222 Å². The number of amides is 2. The monoisotopic (exact) mass is 600 g/mol. The highest BCUT2D eigenvalue weighted by molar-refractivity contribution is 7.99. The van der Waals surface area contributed by atoms with E-state index in [1.165, 1.54) is 16.2 Å². The van der Waals surface area contributed by atoms with Crippen LogP contribution in [-0.4, -0.2) is 80.7 Å². The molecule has 4 heterocycles. The first-order valence-corrected chi connectivity index (χ1v) is 14.0. The summed E-state index contributed by atoms with van der Waals surface area (Å²) in [6.45, 7) is 4.04. The number of halogens is 3. The molecule has 2 aromatic heterocycles. The fraction of sp³-hybridized carbons (Fsp3) is 0.500. The van der Waals surface area contributed by atoms with Crippen molar-refractivity contribution in [3.63, 3.8) is 0 Å². The zero-order chi connectivity index (χ0) is 28.7. The Hall–Kier alpha value is -2.67. The number of thiazole rings is 1. The van der Waals surface area contributed by atoms with E-state index in [0.717, 1.165) is 14.7 Å². The molecule has 0 unspecified atom stereocenters. The maximum absolute atomic E-state index is 12.5. The van der Waals surface area contributed by atoms with E-state index < -0.39 is 33.6 Å². The molecule has 2 aromatic rings. The molecule has 18 heteroatoms. The summed E-state index contributed by atoms with van der Waals surface area (Å²) in [5.74, 6) is -1.53. The second-order valence-electron chi connectivity index (χ2n) is 8.48. The maximum atomic E-state index is 12.5. The van der Waals surface area contributed by atoms with Gasteiger partial charge in [-0.3, -0.25) is 9.59 Å². The molecule has 12 nitrogen and oxygen atoms in total. The van der Waals surface area contributed by atoms with Crippen molar-refractivity contribution in [2.24, 2.45) is 18.9 Å². The van der Waals surface area contributed by atoms with E-state index >= 15 is 0 Å². The Morgan fingerprint density at radius 2 is 2.03 bits per heavy atom. The van der Waals surface area contributed by atoms with Crippen LogP contribution in [0.2, 0.25) is 0 Å². The average molecular weight is 601 g/mol. The topological polar surface area (TPSA) is 172 Å². The first-order valence-electron chi connectivity index (χ1n) is 10.8. The van der Waals surface area contributed by atoms with Crippen LogP contribution >= 0.6 is 23.1 Å². The molecular weight excluding hydrogens is 577 g/mol. The minimum Gasteiger partial charge on any atom is -0.741 e. The SMILES string of the molecule is C[C@@H](O)[C@H]1C(=O)N2C(C(=O)O)=C(c3cn4c[n+](C)c(SCCNC=O)c4s3)[C@H](C)[C@H]12.O=S(=O)([O-])C(F)(F)F. The van der Waals surface area contributed by atoms with Gasteiger partial charge in [-0.05, 0) is 6.92 Å². The summed E-state index contributed by atoms with van der Waals surface area (Å²) < 4.78 is 62.9. The Balaban J connectivity index is 0.000000436. The minimum atomic E-state index is -6.09. The molecule has 4 atom stereocenters. The predicted octanol–water partition coefficient (Wildman–Crippen LogP) is 0.368. The molecule has 1 saturated heterocycles. The van der Waals surface area contributed by atoms with E-state index in [4.69, 9.17) is 13.0 Å². The lowest BCUT2D eigenvalue weighted by atomic mass is 9.77. The number of fused-ring (bicyclic) bond motifs is 2. The average Bonchev–Trinajstić information content (AvgIpc) is 3.37. The highest BCUT2D eigenvalue weighted by Gasteiger charge is 2.60. The van der Waals surface area contributed by atoms with Crippen LogP contribution in [-0.2, 0) is 31.5 Å². The Morgan fingerprint density at radius 1 is 1.42 bits per heavy atom. The van der Waals surface area contributed by atoms with Gasteiger partial charge in [-0.1, -0.05) is 30.0 Å². The van der Waals surface area contributed by atoms with Gasteiger partial charge < -0.3 is 25.0 Å². The van der Waals surface area contributed by atoms with Gasteiger partial charge in [-0.15, -0.1) is 0 Å². The molecule has 0 aromatic carbocycles. The first-order chi connectivity index (χ1) is 17.5. The number of imidazole rings is 1. The third kappa shape index (κ3) is 5.40. The van der Waals surface area contributed by atoms with E-state index in [1.807, 2.05) is 35.5 Å². The number of aliphatic hydroxyl groups is 1. The van der Waals surface area contributed by atoms with E-state index in [9.17, 15) is 37.8 Å².